The first kappa shape index (κ1) is 10.6. The van der Waals surface area contributed by atoms with Crippen LogP contribution < -0.4 is 10.3 Å². The first-order valence-electron chi connectivity index (χ1n) is 4.98. The zero-order valence-electron chi connectivity index (χ0n) is 9.10. The van der Waals surface area contributed by atoms with Crippen molar-refractivity contribution in [2.75, 3.05) is 0 Å². The van der Waals surface area contributed by atoms with Gasteiger partial charge < -0.3 is 5.11 Å². The number of aryl methyl sites for hydroxylation is 1. The molecule has 2 N–H and O–H groups in total. The van der Waals surface area contributed by atoms with Crippen LogP contribution in [0.25, 0.3) is 5.69 Å². The maximum atomic E-state index is 11.4. The Kier molecular flexibility index (Phi) is 2.62. The van der Waals surface area contributed by atoms with E-state index in [0.29, 0.717) is 0 Å². The summed E-state index contributed by atoms with van der Waals surface area (Å²) in [6, 6.07) is 7.51. The van der Waals surface area contributed by atoms with Crippen molar-refractivity contribution < 1.29 is 14.3 Å². The lowest BCUT2D eigenvalue weighted by atomic mass is 10.2. The molecule has 5 nitrogen and oxygen atoms in total. The first-order chi connectivity index (χ1) is 7.61. The topological polar surface area (TPSA) is 70.1 Å². The fraction of sp³-hybridized carbons (Fsp3) is 0.273. The first-order valence-corrected chi connectivity index (χ1v) is 4.98. The zero-order chi connectivity index (χ0) is 11.7. The number of aliphatic hydroxyl groups is 1. The van der Waals surface area contributed by atoms with Crippen LogP contribution in [0.3, 0.4) is 0 Å². The van der Waals surface area contributed by atoms with Gasteiger partial charge in [0.1, 0.15) is 6.10 Å². The minimum atomic E-state index is -0.887. The smallest absolute Gasteiger partial charge is 0.382 e. The number of nitrogens with zero attached hydrogens (tertiary/aromatic N) is 1. The standard InChI is InChI=1S/C11H12N2O3/c1-7-5-3-4-6-9(7)13-10(8(2)14)11(15)16-12-13/h3-6,8,14H,1-2H3/p+1. The molecule has 0 aliphatic heterocycles. The van der Waals surface area contributed by atoms with Gasteiger partial charge in [-0.2, -0.15) is 0 Å². The molecule has 2 aromatic rings. The summed E-state index contributed by atoms with van der Waals surface area (Å²) in [5.41, 5.74) is 1.39. The van der Waals surface area contributed by atoms with Crippen molar-refractivity contribution in [1.82, 2.24) is 5.27 Å². The van der Waals surface area contributed by atoms with Gasteiger partial charge in [0, 0.05) is 11.6 Å². The van der Waals surface area contributed by atoms with Crippen LogP contribution in [0, 0.1) is 6.92 Å². The van der Waals surface area contributed by atoms with Crippen LogP contribution in [0.4, 0.5) is 0 Å². The maximum absolute atomic E-state index is 11.4. The van der Waals surface area contributed by atoms with Crippen molar-refractivity contribution in [3.05, 3.63) is 45.9 Å². The van der Waals surface area contributed by atoms with Crippen LogP contribution in [0.2, 0.25) is 0 Å². The van der Waals surface area contributed by atoms with Crippen LogP contribution >= 0.6 is 0 Å². The highest BCUT2D eigenvalue weighted by Crippen LogP contribution is 2.09. The van der Waals surface area contributed by atoms with Crippen molar-refractivity contribution >= 4 is 0 Å². The Balaban J connectivity index is 2.66. The molecular formula is C11H13N2O3+. The summed E-state index contributed by atoms with van der Waals surface area (Å²) >= 11 is 0. The summed E-state index contributed by atoms with van der Waals surface area (Å²) in [6.07, 6.45) is -0.887. The predicted molar refractivity (Wildman–Crippen MR) is 56.2 cm³/mol. The average molecular weight is 221 g/mol. The molecule has 0 saturated carbocycles. The van der Waals surface area contributed by atoms with Crippen LogP contribution in [0.5, 0.6) is 0 Å². The zero-order valence-corrected chi connectivity index (χ0v) is 9.10. The number of hydrogen-bond donors (Lipinski definition) is 2. The molecule has 1 heterocycles. The molecule has 1 atom stereocenters. The summed E-state index contributed by atoms with van der Waals surface area (Å²) in [6.45, 7) is 3.44. The summed E-state index contributed by atoms with van der Waals surface area (Å²) in [7, 11) is 0. The third-order valence-electron chi connectivity index (χ3n) is 2.43. The third kappa shape index (κ3) is 1.65. The van der Waals surface area contributed by atoms with Gasteiger partial charge in [-0.1, -0.05) is 18.2 Å². The summed E-state index contributed by atoms with van der Waals surface area (Å²) in [4.78, 5) is 11.4. The normalized spacial score (nSPS) is 12.7. The monoisotopic (exact) mass is 221 g/mol. The summed E-state index contributed by atoms with van der Waals surface area (Å²) < 4.78 is 6.15. The molecule has 84 valence electrons. The number of aromatic nitrogens is 2. The Labute approximate surface area is 91.9 Å². The van der Waals surface area contributed by atoms with E-state index in [0.717, 1.165) is 11.3 Å². The molecule has 0 bridgehead atoms. The molecule has 0 spiro atoms. The average Bonchev–Trinajstić information content (AvgIpc) is 2.61. The number of rotatable bonds is 2. The quantitative estimate of drug-likeness (QED) is 0.730. The van der Waals surface area contributed by atoms with Crippen molar-refractivity contribution in [3.63, 3.8) is 0 Å². The van der Waals surface area contributed by atoms with Crippen LogP contribution in [-0.2, 0) is 0 Å². The molecule has 0 aliphatic rings. The van der Waals surface area contributed by atoms with E-state index in [1.165, 1.54) is 11.6 Å². The fourth-order valence-corrected chi connectivity index (χ4v) is 1.63. The van der Waals surface area contributed by atoms with Crippen molar-refractivity contribution in [2.24, 2.45) is 0 Å². The molecule has 2 rings (SSSR count). The summed E-state index contributed by atoms with van der Waals surface area (Å²) in [5, 5.41) is 12.0. The van der Waals surface area contributed by atoms with Gasteiger partial charge in [0.2, 0.25) is 5.69 Å². The molecule has 0 radical (unpaired) electrons. The number of H-pyrrole nitrogens is 1. The second kappa shape index (κ2) is 3.94. The van der Waals surface area contributed by atoms with E-state index in [4.69, 9.17) is 0 Å². The second-order valence-corrected chi connectivity index (χ2v) is 3.66. The molecule has 0 fully saturated rings. The Morgan fingerprint density at radius 2 is 2.12 bits per heavy atom. The Morgan fingerprint density at radius 1 is 1.44 bits per heavy atom. The number of aliphatic hydroxyl groups excluding tert-OH is 1. The lowest BCUT2D eigenvalue weighted by Crippen LogP contribution is -2.40. The number of aromatic amines is 1. The SMILES string of the molecule is Cc1ccccc1-[n+]1[nH]oc(=O)c1C(C)O. The van der Waals surface area contributed by atoms with Crippen molar-refractivity contribution in [1.29, 1.82) is 0 Å². The van der Waals surface area contributed by atoms with E-state index in [1.807, 2.05) is 31.2 Å². The van der Waals surface area contributed by atoms with Gasteiger partial charge in [-0.25, -0.2) is 4.79 Å². The highest BCUT2D eigenvalue weighted by Gasteiger charge is 2.28. The molecule has 0 aliphatic carbocycles. The second-order valence-electron chi connectivity index (χ2n) is 3.66. The van der Waals surface area contributed by atoms with Gasteiger partial charge in [-0.05, 0) is 23.8 Å². The third-order valence-corrected chi connectivity index (χ3v) is 2.43. The lowest BCUT2D eigenvalue weighted by Gasteiger charge is -1.98. The summed E-state index contributed by atoms with van der Waals surface area (Å²) in [5.74, 6) is 0. The van der Waals surface area contributed by atoms with E-state index in [1.54, 1.807) is 0 Å². The van der Waals surface area contributed by atoms with Gasteiger partial charge in [0.05, 0.1) is 0 Å². The molecule has 1 aromatic carbocycles. The molecule has 0 amide bonds. The number of hydrogen-bond acceptors (Lipinski definition) is 3. The fourth-order valence-electron chi connectivity index (χ4n) is 1.63. The minimum Gasteiger partial charge on any atom is -0.382 e. The van der Waals surface area contributed by atoms with E-state index in [2.05, 4.69) is 9.79 Å². The number of benzene rings is 1. The van der Waals surface area contributed by atoms with E-state index in [9.17, 15) is 9.90 Å². The number of nitrogens with one attached hydrogen (secondary N) is 1. The minimum absolute atomic E-state index is 0.189. The number of para-hydroxylation sites is 1. The Morgan fingerprint density at radius 3 is 2.75 bits per heavy atom. The van der Waals surface area contributed by atoms with Crippen molar-refractivity contribution in [3.8, 4) is 5.69 Å². The van der Waals surface area contributed by atoms with Gasteiger partial charge in [0.25, 0.3) is 0 Å². The molecule has 5 heteroatoms. The van der Waals surface area contributed by atoms with E-state index in [-0.39, 0.29) is 5.69 Å². The molecule has 0 saturated heterocycles. The largest absolute Gasteiger partial charge is 0.433 e. The van der Waals surface area contributed by atoms with Gasteiger partial charge in [-0.15, -0.1) is 0 Å². The van der Waals surface area contributed by atoms with Gasteiger partial charge in [-0.3, -0.25) is 4.52 Å². The van der Waals surface area contributed by atoms with E-state index < -0.39 is 11.7 Å². The molecule has 1 unspecified atom stereocenters. The Bertz CT molecular complexity index is 554. The highest BCUT2D eigenvalue weighted by molar-refractivity contribution is 5.31. The highest BCUT2D eigenvalue weighted by atomic mass is 16.5. The van der Waals surface area contributed by atoms with Crippen LogP contribution in [0.1, 0.15) is 24.3 Å². The maximum Gasteiger partial charge on any atom is 0.433 e. The Hall–Kier alpha value is -1.88. The van der Waals surface area contributed by atoms with E-state index >= 15 is 0 Å². The molecule has 16 heavy (non-hydrogen) atoms. The molecular weight excluding hydrogens is 208 g/mol. The van der Waals surface area contributed by atoms with Crippen molar-refractivity contribution in [2.45, 2.75) is 20.0 Å². The molecule has 1 aromatic heterocycles. The lowest BCUT2D eigenvalue weighted by molar-refractivity contribution is -0.681. The predicted octanol–water partition coefficient (Wildman–Crippen LogP) is 0.606. The van der Waals surface area contributed by atoms with Gasteiger partial charge in [0.15, 0.2) is 0 Å². The van der Waals surface area contributed by atoms with Gasteiger partial charge >= 0.3 is 11.3 Å². The van der Waals surface area contributed by atoms with Crippen LogP contribution in [-0.4, -0.2) is 10.4 Å². The van der Waals surface area contributed by atoms with Crippen LogP contribution in [0.15, 0.2) is 33.6 Å².